The third kappa shape index (κ3) is 4.19. The summed E-state index contributed by atoms with van der Waals surface area (Å²) in [5.74, 6) is 0.944. The number of amides is 1. The van der Waals surface area contributed by atoms with Crippen LogP contribution in [0, 0.1) is 10.5 Å². The molecule has 5 nitrogen and oxygen atoms in total. The summed E-state index contributed by atoms with van der Waals surface area (Å²) in [6, 6.07) is 15.5. The second-order valence-corrected chi connectivity index (χ2v) is 6.63. The van der Waals surface area contributed by atoms with Crippen molar-refractivity contribution in [1.82, 2.24) is 10.1 Å². The molecular formula is C18H16IN3O2. The second kappa shape index (κ2) is 7.57. The quantitative estimate of drug-likeness (QED) is 0.612. The van der Waals surface area contributed by atoms with Gasteiger partial charge in [0.2, 0.25) is 17.6 Å². The molecule has 0 saturated carbocycles. The Morgan fingerprint density at radius 2 is 1.92 bits per heavy atom. The third-order valence-corrected chi connectivity index (χ3v) is 4.27. The molecule has 0 aliphatic rings. The average Bonchev–Trinajstić information content (AvgIpc) is 3.04. The summed E-state index contributed by atoms with van der Waals surface area (Å²) in [6.45, 7) is 2.00. The Morgan fingerprint density at radius 3 is 2.67 bits per heavy atom. The third-order valence-electron chi connectivity index (χ3n) is 3.55. The summed E-state index contributed by atoms with van der Waals surface area (Å²) in [5.41, 5.74) is 2.81. The number of rotatable bonds is 5. The van der Waals surface area contributed by atoms with Crippen LogP contribution < -0.4 is 5.32 Å². The number of nitrogens with one attached hydrogen (secondary N) is 1. The molecule has 0 aliphatic heterocycles. The van der Waals surface area contributed by atoms with Crippen molar-refractivity contribution in [1.29, 1.82) is 0 Å². The van der Waals surface area contributed by atoms with Crippen molar-refractivity contribution in [2.24, 2.45) is 0 Å². The first-order valence-corrected chi connectivity index (χ1v) is 8.64. The van der Waals surface area contributed by atoms with Crippen LogP contribution in [-0.2, 0) is 11.2 Å². The maximum Gasteiger partial charge on any atom is 0.227 e. The van der Waals surface area contributed by atoms with Crippen molar-refractivity contribution < 1.29 is 9.32 Å². The Morgan fingerprint density at radius 1 is 1.17 bits per heavy atom. The van der Waals surface area contributed by atoms with Crippen molar-refractivity contribution in [3.8, 4) is 11.4 Å². The molecule has 0 radical (unpaired) electrons. The van der Waals surface area contributed by atoms with Gasteiger partial charge >= 0.3 is 0 Å². The zero-order chi connectivity index (χ0) is 16.9. The highest BCUT2D eigenvalue weighted by Crippen LogP contribution is 2.20. The van der Waals surface area contributed by atoms with E-state index >= 15 is 0 Å². The maximum absolute atomic E-state index is 12.0. The predicted octanol–water partition coefficient (Wildman–Crippen LogP) is 4.22. The normalized spacial score (nSPS) is 10.6. The number of aromatic nitrogens is 2. The molecule has 3 aromatic rings. The summed E-state index contributed by atoms with van der Waals surface area (Å²) >= 11 is 2.22. The van der Waals surface area contributed by atoms with Gasteiger partial charge in [0.15, 0.2) is 0 Å². The molecule has 0 unspecified atom stereocenters. The van der Waals surface area contributed by atoms with E-state index in [0.29, 0.717) is 24.6 Å². The van der Waals surface area contributed by atoms with Gasteiger partial charge in [-0.15, -0.1) is 0 Å². The summed E-state index contributed by atoms with van der Waals surface area (Å²) in [5, 5.41) is 6.86. The van der Waals surface area contributed by atoms with Crippen LogP contribution in [0.2, 0.25) is 0 Å². The van der Waals surface area contributed by atoms with Crippen LogP contribution in [-0.4, -0.2) is 16.0 Å². The van der Waals surface area contributed by atoms with Crippen LogP contribution in [0.1, 0.15) is 17.9 Å². The molecule has 0 saturated heterocycles. The SMILES string of the molecule is Cc1ccccc1-c1noc(CCC(=O)Nc2ccc(I)cc2)n1. The van der Waals surface area contributed by atoms with Crippen LogP contribution >= 0.6 is 22.6 Å². The van der Waals surface area contributed by atoms with Gasteiger partial charge in [-0.25, -0.2) is 0 Å². The molecule has 0 spiro atoms. The molecule has 1 aromatic heterocycles. The van der Waals surface area contributed by atoms with Gasteiger partial charge in [0.1, 0.15) is 0 Å². The molecule has 0 bridgehead atoms. The van der Waals surface area contributed by atoms with E-state index in [2.05, 4.69) is 38.0 Å². The molecular weight excluding hydrogens is 417 g/mol. The lowest BCUT2D eigenvalue weighted by molar-refractivity contribution is -0.116. The number of anilines is 1. The number of carbonyl (C=O) groups excluding carboxylic acids is 1. The molecule has 6 heteroatoms. The van der Waals surface area contributed by atoms with Gasteiger partial charge in [-0.05, 0) is 59.3 Å². The lowest BCUT2D eigenvalue weighted by atomic mass is 10.1. The van der Waals surface area contributed by atoms with Gasteiger partial charge in [-0.3, -0.25) is 4.79 Å². The van der Waals surface area contributed by atoms with Crippen LogP contribution in [0.15, 0.2) is 53.1 Å². The van der Waals surface area contributed by atoms with Crippen molar-refractivity contribution in [2.75, 3.05) is 5.32 Å². The highest BCUT2D eigenvalue weighted by molar-refractivity contribution is 14.1. The van der Waals surface area contributed by atoms with Gasteiger partial charge in [0, 0.05) is 27.7 Å². The number of benzene rings is 2. The fourth-order valence-corrected chi connectivity index (χ4v) is 2.63. The Labute approximate surface area is 153 Å². The molecule has 0 atom stereocenters. The van der Waals surface area contributed by atoms with Crippen molar-refractivity contribution >= 4 is 34.2 Å². The highest BCUT2D eigenvalue weighted by Gasteiger charge is 2.12. The van der Waals surface area contributed by atoms with Crippen molar-refractivity contribution in [3.63, 3.8) is 0 Å². The van der Waals surface area contributed by atoms with E-state index < -0.39 is 0 Å². The minimum absolute atomic E-state index is 0.0770. The van der Waals surface area contributed by atoms with E-state index in [9.17, 15) is 4.79 Å². The first kappa shape index (κ1) is 16.6. The summed E-state index contributed by atoms with van der Waals surface area (Å²) in [4.78, 5) is 16.4. The Hall–Kier alpha value is -2.22. The Bertz CT molecular complexity index is 843. The summed E-state index contributed by atoms with van der Waals surface area (Å²) in [7, 11) is 0. The van der Waals surface area contributed by atoms with E-state index in [0.717, 1.165) is 20.4 Å². The lowest BCUT2D eigenvalue weighted by Crippen LogP contribution is -2.12. The topological polar surface area (TPSA) is 68.0 Å². The van der Waals surface area contributed by atoms with Gasteiger partial charge < -0.3 is 9.84 Å². The van der Waals surface area contributed by atoms with Crippen molar-refractivity contribution in [3.05, 3.63) is 63.6 Å². The van der Waals surface area contributed by atoms with Gasteiger partial charge in [0.05, 0.1) is 0 Å². The monoisotopic (exact) mass is 433 g/mol. The fraction of sp³-hybridized carbons (Fsp3) is 0.167. The number of aryl methyl sites for hydroxylation is 2. The molecule has 0 aliphatic carbocycles. The van der Waals surface area contributed by atoms with Gasteiger partial charge in [0.25, 0.3) is 0 Å². The van der Waals surface area contributed by atoms with E-state index in [-0.39, 0.29) is 5.91 Å². The van der Waals surface area contributed by atoms with Gasteiger partial charge in [-0.2, -0.15) is 4.98 Å². The zero-order valence-electron chi connectivity index (χ0n) is 13.1. The molecule has 1 N–H and O–H groups in total. The highest BCUT2D eigenvalue weighted by atomic mass is 127. The van der Waals surface area contributed by atoms with Crippen LogP contribution in [0.25, 0.3) is 11.4 Å². The number of halogens is 1. The second-order valence-electron chi connectivity index (χ2n) is 5.38. The van der Waals surface area contributed by atoms with E-state index in [1.807, 2.05) is 55.5 Å². The molecule has 24 heavy (non-hydrogen) atoms. The average molecular weight is 433 g/mol. The maximum atomic E-state index is 12.0. The molecule has 1 heterocycles. The minimum Gasteiger partial charge on any atom is -0.339 e. The van der Waals surface area contributed by atoms with Crippen LogP contribution in [0.4, 0.5) is 5.69 Å². The molecule has 1 amide bonds. The molecule has 2 aromatic carbocycles. The first-order valence-electron chi connectivity index (χ1n) is 7.56. The van der Waals surface area contributed by atoms with E-state index in [1.165, 1.54) is 0 Å². The minimum atomic E-state index is -0.0770. The van der Waals surface area contributed by atoms with Gasteiger partial charge in [-0.1, -0.05) is 29.4 Å². The van der Waals surface area contributed by atoms with E-state index in [1.54, 1.807) is 0 Å². The number of nitrogens with zero attached hydrogens (tertiary/aromatic N) is 2. The fourth-order valence-electron chi connectivity index (χ4n) is 2.27. The Kier molecular flexibility index (Phi) is 5.24. The van der Waals surface area contributed by atoms with E-state index in [4.69, 9.17) is 4.52 Å². The standard InChI is InChI=1S/C18H16IN3O2/c1-12-4-2-3-5-15(12)18-21-17(24-22-18)11-10-16(23)20-14-8-6-13(19)7-9-14/h2-9H,10-11H2,1H3,(H,20,23). The predicted molar refractivity (Wildman–Crippen MR) is 101 cm³/mol. The smallest absolute Gasteiger partial charge is 0.227 e. The van der Waals surface area contributed by atoms with Crippen molar-refractivity contribution in [2.45, 2.75) is 19.8 Å². The molecule has 122 valence electrons. The largest absolute Gasteiger partial charge is 0.339 e. The Balaban J connectivity index is 1.58. The van der Waals surface area contributed by atoms with Crippen LogP contribution in [0.5, 0.6) is 0 Å². The zero-order valence-corrected chi connectivity index (χ0v) is 15.3. The van der Waals surface area contributed by atoms with Crippen LogP contribution in [0.3, 0.4) is 0 Å². The molecule has 0 fully saturated rings. The number of hydrogen-bond acceptors (Lipinski definition) is 4. The summed E-state index contributed by atoms with van der Waals surface area (Å²) < 4.78 is 6.37. The molecule has 3 rings (SSSR count). The number of hydrogen-bond donors (Lipinski definition) is 1. The first-order chi connectivity index (χ1) is 11.6. The lowest BCUT2D eigenvalue weighted by Gasteiger charge is -2.03. The number of carbonyl (C=O) groups is 1. The summed E-state index contributed by atoms with van der Waals surface area (Å²) in [6.07, 6.45) is 0.705.